The van der Waals surface area contributed by atoms with E-state index in [0.29, 0.717) is 27.7 Å². The molecule has 3 rings (SSSR count). The van der Waals surface area contributed by atoms with Crippen molar-refractivity contribution in [3.63, 3.8) is 0 Å². The zero-order valence-corrected chi connectivity index (χ0v) is 15.4. The fourth-order valence-corrected chi connectivity index (χ4v) is 3.96. The Morgan fingerprint density at radius 2 is 1.96 bits per heavy atom. The predicted molar refractivity (Wildman–Crippen MR) is 97.7 cm³/mol. The number of hydrogen-bond acceptors (Lipinski definition) is 5. The van der Waals surface area contributed by atoms with Crippen LogP contribution in [0.25, 0.3) is 0 Å². The van der Waals surface area contributed by atoms with Gasteiger partial charge in [-0.1, -0.05) is 23.9 Å². The van der Waals surface area contributed by atoms with Crippen molar-refractivity contribution < 1.29 is 19.1 Å². The minimum Gasteiger partial charge on any atom is -0.481 e. The number of nitrogens with zero attached hydrogens (tertiary/aromatic N) is 3. The Morgan fingerprint density at radius 3 is 2.54 bits per heavy atom. The van der Waals surface area contributed by atoms with Gasteiger partial charge in [-0.2, -0.15) is 0 Å². The number of rotatable bonds is 4. The molecule has 8 heteroatoms. The number of carboxylic acid groups (broad SMARTS) is 1. The monoisotopic (exact) mass is 375 g/mol. The van der Waals surface area contributed by atoms with Crippen LogP contribution < -0.4 is 0 Å². The van der Waals surface area contributed by atoms with Crippen molar-refractivity contribution in [1.29, 1.82) is 0 Å². The van der Waals surface area contributed by atoms with Crippen LogP contribution in [0, 0.1) is 5.82 Å². The zero-order chi connectivity index (χ0) is 19.0. The van der Waals surface area contributed by atoms with Gasteiger partial charge in [-0.15, -0.1) is 0 Å². The molecule has 0 saturated carbocycles. The Hall–Kier alpha value is -2.61. The van der Waals surface area contributed by atoms with Gasteiger partial charge in [0.15, 0.2) is 5.17 Å². The number of amides is 1. The molecule has 1 aromatic rings. The van der Waals surface area contributed by atoms with Crippen LogP contribution in [0.15, 0.2) is 51.6 Å². The predicted octanol–water partition coefficient (Wildman–Crippen LogP) is 2.96. The van der Waals surface area contributed by atoms with Crippen LogP contribution in [0.2, 0.25) is 0 Å². The normalized spacial score (nSPS) is 19.1. The van der Waals surface area contributed by atoms with Gasteiger partial charge in [0.25, 0.3) is 5.91 Å². The van der Waals surface area contributed by atoms with Crippen molar-refractivity contribution in [2.24, 2.45) is 4.99 Å². The van der Waals surface area contributed by atoms with Gasteiger partial charge in [-0.25, -0.2) is 9.38 Å². The molecule has 0 spiro atoms. The Labute approximate surface area is 154 Å². The maximum Gasteiger partial charge on any atom is 0.309 e. The summed E-state index contributed by atoms with van der Waals surface area (Å²) in [6.07, 6.45) is -0.188. The summed E-state index contributed by atoms with van der Waals surface area (Å²) in [6, 6.07) is 5.33. The number of likely N-dealkylation sites (N-methyl/N-ethyl adjacent to an activating group) is 1. The van der Waals surface area contributed by atoms with E-state index in [1.54, 1.807) is 43.5 Å². The average molecular weight is 375 g/mol. The Bertz CT molecular complexity index is 859. The van der Waals surface area contributed by atoms with E-state index < -0.39 is 12.0 Å². The first kappa shape index (κ1) is 18.2. The number of benzene rings is 1. The minimum atomic E-state index is -0.970. The van der Waals surface area contributed by atoms with Gasteiger partial charge in [0.05, 0.1) is 23.7 Å². The van der Waals surface area contributed by atoms with E-state index in [9.17, 15) is 19.1 Å². The molecule has 1 amide bonds. The van der Waals surface area contributed by atoms with E-state index in [2.05, 4.69) is 4.99 Å². The first-order valence-electron chi connectivity index (χ1n) is 7.93. The van der Waals surface area contributed by atoms with Crippen molar-refractivity contribution >= 4 is 28.8 Å². The van der Waals surface area contributed by atoms with Crippen LogP contribution >= 0.6 is 11.8 Å². The summed E-state index contributed by atoms with van der Waals surface area (Å²) in [5, 5.41) is 11.6. The number of thioether (sulfide) groups is 1. The summed E-state index contributed by atoms with van der Waals surface area (Å²) in [5.41, 5.74) is 2.26. The smallest absolute Gasteiger partial charge is 0.309 e. The Kier molecular flexibility index (Phi) is 4.86. The molecule has 0 aromatic heterocycles. The minimum absolute atomic E-state index is 0.188. The molecule has 0 saturated heterocycles. The summed E-state index contributed by atoms with van der Waals surface area (Å²) >= 11 is 1.32. The molecule has 1 N–H and O–H groups in total. The number of carbonyl (C=O) groups is 2. The van der Waals surface area contributed by atoms with Crippen LogP contribution in [-0.2, 0) is 9.59 Å². The number of carbonyl (C=O) groups excluding carboxylic acids is 1. The highest BCUT2D eigenvalue weighted by atomic mass is 32.2. The van der Waals surface area contributed by atoms with E-state index >= 15 is 0 Å². The van der Waals surface area contributed by atoms with Crippen molar-refractivity contribution in [2.45, 2.75) is 19.4 Å². The molecule has 0 radical (unpaired) electrons. The maximum absolute atomic E-state index is 13.4. The van der Waals surface area contributed by atoms with Crippen LogP contribution in [0.3, 0.4) is 0 Å². The average Bonchev–Trinajstić information content (AvgIpc) is 2.95. The number of aliphatic carboxylic acids is 1. The van der Waals surface area contributed by atoms with Gasteiger partial charge >= 0.3 is 5.97 Å². The fraction of sp³-hybridized carbons (Fsp3) is 0.278. The Morgan fingerprint density at radius 1 is 1.31 bits per heavy atom. The van der Waals surface area contributed by atoms with E-state index in [0.717, 1.165) is 0 Å². The molecular weight excluding hydrogens is 357 g/mol. The highest BCUT2D eigenvalue weighted by molar-refractivity contribution is 8.16. The Balaban J connectivity index is 2.15. The first-order chi connectivity index (χ1) is 12.3. The number of fused-ring (bicyclic) bond motifs is 1. The fourth-order valence-electron chi connectivity index (χ4n) is 3.00. The molecule has 136 valence electrons. The van der Waals surface area contributed by atoms with Crippen molar-refractivity contribution in [3.05, 3.63) is 58.0 Å². The molecule has 1 atom stereocenters. The summed E-state index contributed by atoms with van der Waals surface area (Å²) in [7, 11) is 3.30. The molecule has 2 aliphatic heterocycles. The molecular formula is C18H18FN3O3S. The van der Waals surface area contributed by atoms with Crippen molar-refractivity contribution in [3.8, 4) is 0 Å². The second-order valence-electron chi connectivity index (χ2n) is 6.21. The lowest BCUT2D eigenvalue weighted by Gasteiger charge is -2.37. The first-order valence-corrected chi connectivity index (χ1v) is 8.81. The van der Waals surface area contributed by atoms with Gasteiger partial charge in [-0.3, -0.25) is 9.59 Å². The summed E-state index contributed by atoms with van der Waals surface area (Å²) in [6.45, 7) is 1.76. The molecule has 0 fully saturated rings. The van der Waals surface area contributed by atoms with E-state index in [1.807, 2.05) is 0 Å². The summed E-state index contributed by atoms with van der Waals surface area (Å²) in [4.78, 5) is 31.8. The molecule has 0 aliphatic carbocycles. The standard InChI is InChI=1S/C18H18FN3O3S/c1-10-15(17(25)21(2)3)16(11-4-6-12(19)7-5-11)22-13(8-14(23)24)9-26-18(22)20-10/h4-7,9,16H,8H2,1-3H3,(H,23,24). The van der Waals surface area contributed by atoms with Gasteiger partial charge in [-0.05, 0) is 30.0 Å². The van der Waals surface area contributed by atoms with Crippen LogP contribution in [0.1, 0.15) is 24.9 Å². The van der Waals surface area contributed by atoms with E-state index in [-0.39, 0.29) is 18.1 Å². The SMILES string of the molecule is CC1=C(C(=O)N(C)C)C(c2ccc(F)cc2)N2C(CC(=O)O)=CSC2=N1. The molecule has 1 aromatic carbocycles. The molecule has 6 nitrogen and oxygen atoms in total. The summed E-state index contributed by atoms with van der Waals surface area (Å²) in [5.74, 6) is -1.56. The lowest BCUT2D eigenvalue weighted by atomic mass is 9.93. The third-order valence-corrected chi connectivity index (χ3v) is 5.04. The zero-order valence-electron chi connectivity index (χ0n) is 14.6. The van der Waals surface area contributed by atoms with Gasteiger partial charge in [0.1, 0.15) is 5.82 Å². The third kappa shape index (κ3) is 3.24. The third-order valence-electron chi connectivity index (χ3n) is 4.16. The second-order valence-corrected chi connectivity index (χ2v) is 7.05. The number of carboxylic acids is 1. The molecule has 2 heterocycles. The lowest BCUT2D eigenvalue weighted by molar-refractivity contribution is -0.136. The number of allylic oxidation sites excluding steroid dienone is 1. The maximum atomic E-state index is 13.4. The van der Waals surface area contributed by atoms with Crippen molar-refractivity contribution in [2.75, 3.05) is 14.1 Å². The topological polar surface area (TPSA) is 73.2 Å². The number of hydrogen-bond donors (Lipinski definition) is 1. The number of halogens is 1. The van der Waals surface area contributed by atoms with Crippen LogP contribution in [0.5, 0.6) is 0 Å². The largest absolute Gasteiger partial charge is 0.481 e. The van der Waals surface area contributed by atoms with Crippen LogP contribution in [-0.4, -0.2) is 46.0 Å². The molecule has 26 heavy (non-hydrogen) atoms. The van der Waals surface area contributed by atoms with Gasteiger partial charge in [0.2, 0.25) is 0 Å². The molecule has 0 bridgehead atoms. The van der Waals surface area contributed by atoms with Crippen LogP contribution in [0.4, 0.5) is 4.39 Å². The lowest BCUT2D eigenvalue weighted by Crippen LogP contribution is -2.39. The highest BCUT2D eigenvalue weighted by Gasteiger charge is 2.40. The summed E-state index contributed by atoms with van der Waals surface area (Å²) < 4.78 is 13.4. The van der Waals surface area contributed by atoms with E-state index in [4.69, 9.17) is 0 Å². The van der Waals surface area contributed by atoms with Gasteiger partial charge in [0, 0.05) is 19.8 Å². The molecule has 1 unspecified atom stereocenters. The quantitative estimate of drug-likeness (QED) is 0.876. The highest BCUT2D eigenvalue weighted by Crippen LogP contribution is 2.44. The molecule has 2 aliphatic rings. The second kappa shape index (κ2) is 6.95. The van der Waals surface area contributed by atoms with Gasteiger partial charge < -0.3 is 14.9 Å². The van der Waals surface area contributed by atoms with E-state index in [1.165, 1.54) is 28.8 Å². The number of amidine groups is 1. The number of aliphatic imine (C=N–C) groups is 1. The van der Waals surface area contributed by atoms with Crippen molar-refractivity contribution in [1.82, 2.24) is 9.80 Å².